The van der Waals surface area contributed by atoms with Crippen LogP contribution in [0.25, 0.3) is 10.8 Å². The Kier molecular flexibility index (Phi) is 2.31. The van der Waals surface area contributed by atoms with Crippen molar-refractivity contribution in [3.63, 3.8) is 0 Å². The van der Waals surface area contributed by atoms with Gasteiger partial charge in [0.05, 0.1) is 5.69 Å². The van der Waals surface area contributed by atoms with Gasteiger partial charge < -0.3 is 5.73 Å². The summed E-state index contributed by atoms with van der Waals surface area (Å²) in [7, 11) is 0. The monoisotopic (exact) mass is 204 g/mol. The molecule has 0 aliphatic carbocycles. The van der Waals surface area contributed by atoms with Crippen LogP contribution in [0, 0.1) is 5.82 Å². The number of nitrogens with two attached hydrogens (primary N) is 1. The molecule has 1 aromatic carbocycles. The average Bonchev–Trinajstić information content (AvgIpc) is 2.17. The van der Waals surface area contributed by atoms with E-state index in [1.807, 2.05) is 13.8 Å². The third kappa shape index (κ3) is 1.77. The second kappa shape index (κ2) is 3.50. The van der Waals surface area contributed by atoms with Gasteiger partial charge in [-0.25, -0.2) is 9.37 Å². The molecular formula is C12H13FN2. The van der Waals surface area contributed by atoms with Gasteiger partial charge in [0.2, 0.25) is 0 Å². The van der Waals surface area contributed by atoms with Gasteiger partial charge in [-0.05, 0) is 29.5 Å². The fourth-order valence-corrected chi connectivity index (χ4v) is 1.71. The molecule has 1 aromatic heterocycles. The summed E-state index contributed by atoms with van der Waals surface area (Å²) < 4.78 is 13.1. The van der Waals surface area contributed by atoms with Crippen molar-refractivity contribution < 1.29 is 4.39 Å². The lowest BCUT2D eigenvalue weighted by Gasteiger charge is -2.10. The highest BCUT2D eigenvalue weighted by Gasteiger charge is 2.08. The van der Waals surface area contributed by atoms with Crippen LogP contribution in [0.15, 0.2) is 24.3 Å². The standard InChI is InChI=1S/C12H13FN2/c1-7(2)12-10-6-9(13)4-3-8(10)5-11(14)15-12/h3-7H,1-2H3,(H2,14,15). The number of aromatic nitrogens is 1. The Bertz CT molecular complexity index is 506. The highest BCUT2D eigenvalue weighted by molar-refractivity contribution is 5.86. The lowest BCUT2D eigenvalue weighted by Crippen LogP contribution is -1.99. The van der Waals surface area contributed by atoms with E-state index in [0.717, 1.165) is 16.5 Å². The number of hydrogen-bond donors (Lipinski definition) is 1. The minimum Gasteiger partial charge on any atom is -0.384 e. The summed E-state index contributed by atoms with van der Waals surface area (Å²) in [5, 5.41) is 1.78. The second-order valence-corrected chi connectivity index (χ2v) is 3.95. The normalized spacial score (nSPS) is 11.2. The largest absolute Gasteiger partial charge is 0.384 e. The number of nitrogens with zero attached hydrogens (tertiary/aromatic N) is 1. The van der Waals surface area contributed by atoms with Crippen molar-refractivity contribution >= 4 is 16.6 Å². The third-order valence-electron chi connectivity index (χ3n) is 2.39. The highest BCUT2D eigenvalue weighted by atomic mass is 19.1. The van der Waals surface area contributed by atoms with Crippen LogP contribution in [-0.4, -0.2) is 4.98 Å². The summed E-state index contributed by atoms with van der Waals surface area (Å²) in [6.45, 7) is 4.04. The lowest BCUT2D eigenvalue weighted by molar-refractivity contribution is 0.629. The molecule has 2 nitrogen and oxygen atoms in total. The number of hydrogen-bond acceptors (Lipinski definition) is 2. The minimum atomic E-state index is -0.240. The van der Waals surface area contributed by atoms with Gasteiger partial charge in [-0.15, -0.1) is 0 Å². The Morgan fingerprint density at radius 1 is 1.27 bits per heavy atom. The maximum Gasteiger partial charge on any atom is 0.124 e. The van der Waals surface area contributed by atoms with Gasteiger partial charge in [-0.3, -0.25) is 0 Å². The van der Waals surface area contributed by atoms with Gasteiger partial charge in [0, 0.05) is 5.39 Å². The van der Waals surface area contributed by atoms with Gasteiger partial charge in [-0.1, -0.05) is 19.9 Å². The molecule has 1 heterocycles. The van der Waals surface area contributed by atoms with E-state index in [0.29, 0.717) is 5.82 Å². The van der Waals surface area contributed by atoms with Gasteiger partial charge in [0.25, 0.3) is 0 Å². The zero-order valence-electron chi connectivity index (χ0n) is 8.79. The predicted molar refractivity (Wildman–Crippen MR) is 60.2 cm³/mol. The molecule has 0 spiro atoms. The summed E-state index contributed by atoms with van der Waals surface area (Å²) in [6.07, 6.45) is 0. The number of pyridine rings is 1. The molecule has 0 aliphatic heterocycles. The van der Waals surface area contributed by atoms with E-state index in [1.165, 1.54) is 12.1 Å². The van der Waals surface area contributed by atoms with Gasteiger partial charge in [0.15, 0.2) is 0 Å². The van der Waals surface area contributed by atoms with Crippen molar-refractivity contribution in [3.05, 3.63) is 35.8 Å². The van der Waals surface area contributed by atoms with Crippen LogP contribution in [0.2, 0.25) is 0 Å². The zero-order valence-corrected chi connectivity index (χ0v) is 8.79. The average molecular weight is 204 g/mol. The molecule has 0 saturated heterocycles. The van der Waals surface area contributed by atoms with Crippen LogP contribution >= 0.6 is 0 Å². The Labute approximate surface area is 87.9 Å². The summed E-state index contributed by atoms with van der Waals surface area (Å²) in [4.78, 5) is 4.25. The number of nitrogen functional groups attached to an aromatic ring is 1. The van der Waals surface area contributed by atoms with Crippen molar-refractivity contribution in [3.8, 4) is 0 Å². The SMILES string of the molecule is CC(C)c1nc(N)cc2ccc(F)cc12. The Morgan fingerprint density at radius 3 is 2.67 bits per heavy atom. The van der Waals surface area contributed by atoms with E-state index in [9.17, 15) is 4.39 Å². The van der Waals surface area contributed by atoms with E-state index in [2.05, 4.69) is 4.98 Å². The van der Waals surface area contributed by atoms with Crippen LogP contribution < -0.4 is 5.73 Å². The Hall–Kier alpha value is -1.64. The maximum atomic E-state index is 13.1. The first-order valence-corrected chi connectivity index (χ1v) is 4.93. The summed E-state index contributed by atoms with van der Waals surface area (Å²) in [6, 6.07) is 6.44. The van der Waals surface area contributed by atoms with Gasteiger partial charge in [-0.2, -0.15) is 0 Å². The first-order valence-electron chi connectivity index (χ1n) is 4.93. The van der Waals surface area contributed by atoms with Crippen molar-refractivity contribution in [1.29, 1.82) is 0 Å². The Morgan fingerprint density at radius 2 is 2.00 bits per heavy atom. The van der Waals surface area contributed by atoms with E-state index in [1.54, 1.807) is 12.1 Å². The third-order valence-corrected chi connectivity index (χ3v) is 2.39. The number of anilines is 1. The van der Waals surface area contributed by atoms with Crippen LogP contribution in [-0.2, 0) is 0 Å². The van der Waals surface area contributed by atoms with Crippen molar-refractivity contribution in [1.82, 2.24) is 4.98 Å². The van der Waals surface area contributed by atoms with Crippen LogP contribution in [0.4, 0.5) is 10.2 Å². The molecule has 0 atom stereocenters. The molecule has 0 radical (unpaired) electrons. The van der Waals surface area contributed by atoms with E-state index in [4.69, 9.17) is 5.73 Å². The molecule has 2 rings (SSSR count). The first-order chi connectivity index (χ1) is 7.08. The number of rotatable bonds is 1. The molecule has 3 heteroatoms. The molecule has 0 fully saturated rings. The number of fused-ring (bicyclic) bond motifs is 1. The molecule has 0 unspecified atom stereocenters. The molecule has 15 heavy (non-hydrogen) atoms. The van der Waals surface area contributed by atoms with Crippen LogP contribution in [0.5, 0.6) is 0 Å². The highest BCUT2D eigenvalue weighted by Crippen LogP contribution is 2.25. The molecule has 0 aliphatic rings. The fraction of sp³-hybridized carbons (Fsp3) is 0.250. The predicted octanol–water partition coefficient (Wildman–Crippen LogP) is 3.08. The van der Waals surface area contributed by atoms with Crippen molar-refractivity contribution in [2.24, 2.45) is 0 Å². The number of halogens is 1. The molecule has 78 valence electrons. The molecule has 2 N–H and O–H groups in total. The fourth-order valence-electron chi connectivity index (χ4n) is 1.71. The lowest BCUT2D eigenvalue weighted by atomic mass is 10.0. The van der Waals surface area contributed by atoms with E-state index < -0.39 is 0 Å². The molecule has 0 bridgehead atoms. The molecular weight excluding hydrogens is 191 g/mol. The molecule has 0 saturated carbocycles. The van der Waals surface area contributed by atoms with E-state index in [-0.39, 0.29) is 11.7 Å². The number of benzene rings is 1. The van der Waals surface area contributed by atoms with Crippen LogP contribution in [0.1, 0.15) is 25.5 Å². The maximum absolute atomic E-state index is 13.1. The second-order valence-electron chi connectivity index (χ2n) is 3.95. The quantitative estimate of drug-likeness (QED) is 0.775. The molecule has 0 amide bonds. The van der Waals surface area contributed by atoms with Crippen molar-refractivity contribution in [2.75, 3.05) is 5.73 Å². The summed E-state index contributed by atoms with van der Waals surface area (Å²) >= 11 is 0. The smallest absolute Gasteiger partial charge is 0.124 e. The minimum absolute atomic E-state index is 0.234. The zero-order chi connectivity index (χ0) is 11.0. The Balaban J connectivity index is 2.81. The first kappa shape index (κ1) is 9.90. The van der Waals surface area contributed by atoms with Gasteiger partial charge >= 0.3 is 0 Å². The van der Waals surface area contributed by atoms with Crippen LogP contribution in [0.3, 0.4) is 0 Å². The van der Waals surface area contributed by atoms with Crippen molar-refractivity contribution in [2.45, 2.75) is 19.8 Å². The summed E-state index contributed by atoms with van der Waals surface area (Å²) in [5.41, 5.74) is 6.55. The molecule has 2 aromatic rings. The topological polar surface area (TPSA) is 38.9 Å². The van der Waals surface area contributed by atoms with Gasteiger partial charge in [0.1, 0.15) is 11.6 Å². The summed E-state index contributed by atoms with van der Waals surface area (Å²) in [5.74, 6) is 0.478. The van der Waals surface area contributed by atoms with E-state index >= 15 is 0 Å².